The number of carbonyl (C=O) groups is 4. The minimum absolute atomic E-state index is 0.0947. The number of esters is 1. The third-order valence-electron chi connectivity index (χ3n) is 7.28. The molecule has 9 heteroatoms. The lowest BCUT2D eigenvalue weighted by Gasteiger charge is -2.43. The maximum atomic E-state index is 13.2. The number of benzene rings is 1. The topological polar surface area (TPSA) is 99.3 Å². The van der Waals surface area contributed by atoms with Crippen LogP contribution in [0.5, 0.6) is 0 Å². The Morgan fingerprint density at radius 2 is 1.74 bits per heavy atom. The summed E-state index contributed by atoms with van der Waals surface area (Å²) in [7, 11) is 0. The zero-order chi connectivity index (χ0) is 25.4. The van der Waals surface area contributed by atoms with Gasteiger partial charge in [0.05, 0.1) is 0 Å². The molecule has 1 aliphatic carbocycles. The number of piperazine rings is 1. The van der Waals surface area contributed by atoms with Gasteiger partial charge in [-0.3, -0.25) is 19.3 Å². The Bertz CT molecular complexity index is 989. The zero-order valence-electron chi connectivity index (χ0n) is 21.1. The van der Waals surface area contributed by atoms with Crippen molar-refractivity contribution in [1.82, 2.24) is 15.1 Å². The largest absolute Gasteiger partial charge is 0.451 e. The van der Waals surface area contributed by atoms with E-state index in [0.29, 0.717) is 39.0 Å². The van der Waals surface area contributed by atoms with Crippen LogP contribution in [0, 0.1) is 11.3 Å². The number of urea groups is 1. The van der Waals surface area contributed by atoms with E-state index in [1.54, 1.807) is 4.90 Å². The van der Waals surface area contributed by atoms with Gasteiger partial charge in [-0.25, -0.2) is 4.79 Å². The fraction of sp³-hybridized carbons (Fsp3) is 0.615. The highest BCUT2D eigenvalue weighted by Gasteiger charge is 2.56. The molecule has 4 rings (SSSR count). The number of imide groups is 1. The number of rotatable bonds is 5. The van der Waals surface area contributed by atoms with Gasteiger partial charge >= 0.3 is 12.0 Å². The van der Waals surface area contributed by atoms with E-state index < -0.39 is 30.2 Å². The van der Waals surface area contributed by atoms with Crippen molar-refractivity contribution in [2.24, 2.45) is 11.3 Å². The van der Waals surface area contributed by atoms with E-state index in [1.165, 1.54) is 6.92 Å². The van der Waals surface area contributed by atoms with Gasteiger partial charge in [0, 0.05) is 31.9 Å². The zero-order valence-corrected chi connectivity index (χ0v) is 21.1. The Hall–Kier alpha value is -3.10. The summed E-state index contributed by atoms with van der Waals surface area (Å²) in [5.41, 5.74) is 0.0437. The van der Waals surface area contributed by atoms with Gasteiger partial charge in [-0.05, 0) is 49.7 Å². The highest BCUT2D eigenvalue weighted by atomic mass is 16.5. The number of nitrogens with zero attached hydrogens (tertiary/aromatic N) is 3. The van der Waals surface area contributed by atoms with Gasteiger partial charge in [-0.1, -0.05) is 39.0 Å². The van der Waals surface area contributed by atoms with Crippen LogP contribution in [0.25, 0.3) is 0 Å². The molecule has 1 saturated carbocycles. The molecule has 2 aliphatic heterocycles. The predicted molar refractivity (Wildman–Crippen MR) is 131 cm³/mol. The fourth-order valence-corrected chi connectivity index (χ4v) is 6.14. The lowest BCUT2D eigenvalue weighted by molar-refractivity contribution is -0.160. The quantitative estimate of drug-likeness (QED) is 0.509. The number of ether oxygens (including phenoxy) is 1. The van der Waals surface area contributed by atoms with Gasteiger partial charge in [0.25, 0.3) is 11.8 Å². The van der Waals surface area contributed by atoms with Crippen molar-refractivity contribution in [3.63, 3.8) is 0 Å². The molecule has 9 nitrogen and oxygen atoms in total. The van der Waals surface area contributed by atoms with Crippen LogP contribution in [0.2, 0.25) is 0 Å². The molecule has 1 aromatic rings. The van der Waals surface area contributed by atoms with Crippen LogP contribution in [0.3, 0.4) is 0 Å². The molecule has 4 amide bonds. The molecule has 1 spiro atoms. The maximum Gasteiger partial charge on any atom is 0.327 e. The first-order valence-electron chi connectivity index (χ1n) is 12.4. The molecule has 3 aliphatic rings. The van der Waals surface area contributed by atoms with Gasteiger partial charge in [0.2, 0.25) is 0 Å². The first kappa shape index (κ1) is 25.0. The third kappa shape index (κ3) is 5.28. The molecular weight excluding hydrogens is 448 g/mol. The van der Waals surface area contributed by atoms with Crippen molar-refractivity contribution in [2.45, 2.75) is 58.6 Å². The SMILES string of the molecule is CC1CC(C)(C)CC2(C1)NC(=O)N(CC(=O)OC(C)C(=O)N1CCN(c3ccccc3)CC1)C2=O. The predicted octanol–water partition coefficient (Wildman–Crippen LogP) is 2.40. The summed E-state index contributed by atoms with van der Waals surface area (Å²) >= 11 is 0. The summed E-state index contributed by atoms with van der Waals surface area (Å²) in [6, 6.07) is 9.43. The van der Waals surface area contributed by atoms with Gasteiger partial charge in [-0.15, -0.1) is 0 Å². The molecule has 2 heterocycles. The van der Waals surface area contributed by atoms with Crippen molar-refractivity contribution in [2.75, 3.05) is 37.6 Å². The van der Waals surface area contributed by atoms with Gasteiger partial charge in [0.1, 0.15) is 12.1 Å². The Morgan fingerprint density at radius 3 is 2.37 bits per heavy atom. The number of nitrogens with one attached hydrogen (secondary N) is 1. The van der Waals surface area contributed by atoms with Crippen LogP contribution in [0.15, 0.2) is 30.3 Å². The number of carbonyl (C=O) groups excluding carboxylic acids is 4. The summed E-state index contributed by atoms with van der Waals surface area (Å²) < 4.78 is 5.36. The van der Waals surface area contributed by atoms with Crippen molar-refractivity contribution in [1.29, 1.82) is 0 Å². The summed E-state index contributed by atoms with van der Waals surface area (Å²) in [4.78, 5) is 56.2. The first-order valence-corrected chi connectivity index (χ1v) is 12.4. The lowest BCUT2D eigenvalue weighted by Crippen LogP contribution is -2.54. The standard InChI is InChI=1S/C26H36N4O5/c1-18-14-25(3,4)17-26(15-18)23(33)30(24(34)27-26)16-21(31)35-19(2)22(32)29-12-10-28(11-13-29)20-8-6-5-7-9-20/h5-9,18-19H,10-17H2,1-4H3,(H,27,34). The van der Waals surface area contributed by atoms with E-state index in [-0.39, 0.29) is 23.1 Å². The number of para-hydroxylation sites is 1. The maximum absolute atomic E-state index is 13.2. The second-order valence-corrected chi connectivity index (χ2v) is 11.0. The molecule has 3 atom stereocenters. The summed E-state index contributed by atoms with van der Waals surface area (Å²) in [5.74, 6) is -1.15. The Morgan fingerprint density at radius 1 is 1.09 bits per heavy atom. The number of hydrogen-bond donors (Lipinski definition) is 1. The third-order valence-corrected chi connectivity index (χ3v) is 7.28. The van der Waals surface area contributed by atoms with E-state index in [0.717, 1.165) is 17.0 Å². The average Bonchev–Trinajstić information content (AvgIpc) is 3.00. The van der Waals surface area contributed by atoms with Crippen molar-refractivity contribution >= 4 is 29.5 Å². The molecule has 2 saturated heterocycles. The van der Waals surface area contributed by atoms with E-state index in [4.69, 9.17) is 4.74 Å². The molecule has 1 aromatic carbocycles. The van der Waals surface area contributed by atoms with Crippen molar-refractivity contribution in [3.8, 4) is 0 Å². The second kappa shape index (κ2) is 9.51. The second-order valence-electron chi connectivity index (χ2n) is 11.0. The fourth-order valence-electron chi connectivity index (χ4n) is 6.14. The van der Waals surface area contributed by atoms with Crippen molar-refractivity contribution < 1.29 is 23.9 Å². The van der Waals surface area contributed by atoms with Gasteiger partial charge in [-0.2, -0.15) is 0 Å². The molecule has 0 bridgehead atoms. The van der Waals surface area contributed by atoms with E-state index in [9.17, 15) is 19.2 Å². The van der Waals surface area contributed by atoms with Crippen LogP contribution >= 0.6 is 0 Å². The normalized spacial score (nSPS) is 27.1. The Balaban J connectivity index is 1.30. The molecule has 35 heavy (non-hydrogen) atoms. The number of amides is 4. The molecule has 0 aromatic heterocycles. The first-order chi connectivity index (χ1) is 16.5. The summed E-state index contributed by atoms with van der Waals surface area (Å²) in [6.45, 7) is 9.72. The van der Waals surface area contributed by atoms with Crippen LogP contribution in [-0.4, -0.2) is 78.0 Å². The molecule has 3 unspecified atom stereocenters. The number of anilines is 1. The monoisotopic (exact) mass is 484 g/mol. The summed E-state index contributed by atoms with van der Waals surface area (Å²) in [5, 5.41) is 2.86. The lowest BCUT2D eigenvalue weighted by atomic mass is 9.64. The van der Waals surface area contributed by atoms with Gasteiger partial charge < -0.3 is 19.9 Å². The molecule has 1 N–H and O–H groups in total. The molecule has 190 valence electrons. The van der Waals surface area contributed by atoms with Crippen LogP contribution in [0.1, 0.15) is 47.0 Å². The molecule has 3 fully saturated rings. The van der Waals surface area contributed by atoms with Gasteiger partial charge in [0.15, 0.2) is 6.10 Å². The van der Waals surface area contributed by atoms with E-state index >= 15 is 0 Å². The van der Waals surface area contributed by atoms with Crippen LogP contribution < -0.4 is 10.2 Å². The smallest absolute Gasteiger partial charge is 0.327 e. The minimum Gasteiger partial charge on any atom is -0.451 e. The van der Waals surface area contributed by atoms with E-state index in [1.807, 2.05) is 30.3 Å². The Labute approximate surface area is 206 Å². The van der Waals surface area contributed by atoms with Crippen LogP contribution in [0.4, 0.5) is 10.5 Å². The highest BCUT2D eigenvalue weighted by Crippen LogP contribution is 2.46. The average molecular weight is 485 g/mol. The van der Waals surface area contributed by atoms with Crippen molar-refractivity contribution in [3.05, 3.63) is 30.3 Å². The van der Waals surface area contributed by atoms with Crippen LogP contribution in [-0.2, 0) is 19.1 Å². The molecular formula is C26H36N4O5. The van der Waals surface area contributed by atoms with E-state index in [2.05, 4.69) is 31.0 Å². The highest BCUT2D eigenvalue weighted by molar-refractivity contribution is 6.08. The molecule has 0 radical (unpaired) electrons. The number of hydrogen-bond acceptors (Lipinski definition) is 6. The minimum atomic E-state index is -0.992. The Kier molecular flexibility index (Phi) is 6.79. The summed E-state index contributed by atoms with van der Waals surface area (Å²) in [6.07, 6.45) is 1.06.